The minimum Gasteiger partial charge on any atom is -0.463 e. The number of carbonyl (C=O) groups excluding carboxylic acids is 1. The Morgan fingerprint density at radius 2 is 1.58 bits per heavy atom. The first kappa shape index (κ1) is 19.3. The molecule has 0 aliphatic carbocycles. The smallest absolute Gasteiger partial charge is 0.344 e. The van der Waals surface area contributed by atoms with Crippen molar-refractivity contribution in [3.8, 4) is 0 Å². The molecule has 1 aromatic rings. The van der Waals surface area contributed by atoms with Crippen molar-refractivity contribution in [3.05, 3.63) is 35.9 Å². The number of esters is 1. The zero-order valence-corrected chi connectivity index (χ0v) is 15.5. The van der Waals surface area contributed by atoms with E-state index in [1.54, 1.807) is 11.8 Å². The van der Waals surface area contributed by atoms with Gasteiger partial charge in [-0.3, -0.25) is 0 Å². The SMILES string of the molecule is CC1SCCCCCCCCCCOC(=O)C1(O)c1ccccc1. The van der Waals surface area contributed by atoms with Gasteiger partial charge in [0, 0.05) is 5.25 Å². The van der Waals surface area contributed by atoms with E-state index < -0.39 is 11.6 Å². The quantitative estimate of drug-likeness (QED) is 0.748. The third-order valence-corrected chi connectivity index (χ3v) is 6.12. The Bertz CT molecular complexity index is 491. The van der Waals surface area contributed by atoms with Gasteiger partial charge in [0.1, 0.15) is 0 Å². The second-order valence-corrected chi connectivity index (χ2v) is 8.06. The molecule has 0 aromatic heterocycles. The third-order valence-electron chi connectivity index (χ3n) is 4.75. The topological polar surface area (TPSA) is 46.5 Å². The van der Waals surface area contributed by atoms with Gasteiger partial charge in [-0.2, -0.15) is 11.8 Å². The Labute approximate surface area is 150 Å². The highest BCUT2D eigenvalue weighted by Gasteiger charge is 2.45. The Balaban J connectivity index is 2.13. The summed E-state index contributed by atoms with van der Waals surface area (Å²) in [7, 11) is 0. The lowest BCUT2D eigenvalue weighted by atomic mass is 9.91. The van der Waals surface area contributed by atoms with Crippen LogP contribution in [0.2, 0.25) is 0 Å². The van der Waals surface area contributed by atoms with E-state index in [2.05, 4.69) is 0 Å². The van der Waals surface area contributed by atoms with Crippen LogP contribution in [0.5, 0.6) is 0 Å². The number of aliphatic hydroxyl groups is 1. The molecule has 134 valence electrons. The predicted octanol–water partition coefficient (Wildman–Crippen LogP) is 4.67. The van der Waals surface area contributed by atoms with E-state index in [4.69, 9.17) is 4.74 Å². The first-order valence-electron chi connectivity index (χ1n) is 9.22. The predicted molar refractivity (Wildman–Crippen MR) is 100 cm³/mol. The number of ether oxygens (including phenoxy) is 1. The van der Waals surface area contributed by atoms with Crippen LogP contribution in [-0.4, -0.2) is 28.7 Å². The molecule has 2 rings (SSSR count). The Kier molecular flexibility index (Phi) is 8.13. The van der Waals surface area contributed by atoms with Gasteiger partial charge >= 0.3 is 5.97 Å². The molecule has 0 saturated carbocycles. The van der Waals surface area contributed by atoms with Gasteiger partial charge in [-0.15, -0.1) is 0 Å². The summed E-state index contributed by atoms with van der Waals surface area (Å²) in [5.74, 6) is 0.451. The second-order valence-electron chi connectivity index (χ2n) is 6.61. The van der Waals surface area contributed by atoms with E-state index in [-0.39, 0.29) is 5.25 Å². The molecule has 1 heterocycles. The Hall–Kier alpha value is -1.00. The number of hydrogen-bond acceptors (Lipinski definition) is 4. The van der Waals surface area contributed by atoms with Crippen molar-refractivity contribution < 1.29 is 14.6 Å². The van der Waals surface area contributed by atoms with Crippen molar-refractivity contribution in [3.63, 3.8) is 0 Å². The van der Waals surface area contributed by atoms with Gasteiger partial charge in [-0.05, 0) is 31.1 Å². The fourth-order valence-corrected chi connectivity index (χ4v) is 4.33. The second kappa shape index (κ2) is 10.1. The lowest BCUT2D eigenvalue weighted by Gasteiger charge is -2.32. The molecule has 24 heavy (non-hydrogen) atoms. The molecule has 3 nitrogen and oxygen atoms in total. The zero-order valence-electron chi connectivity index (χ0n) is 14.7. The highest BCUT2D eigenvalue weighted by atomic mass is 32.2. The first-order valence-corrected chi connectivity index (χ1v) is 10.3. The molecule has 2 unspecified atom stereocenters. The van der Waals surface area contributed by atoms with Crippen molar-refractivity contribution in [2.45, 2.75) is 69.1 Å². The van der Waals surface area contributed by atoms with Crippen molar-refractivity contribution >= 4 is 17.7 Å². The molecule has 1 aliphatic heterocycles. The lowest BCUT2D eigenvalue weighted by molar-refractivity contribution is -0.166. The van der Waals surface area contributed by atoms with Crippen LogP contribution in [0.25, 0.3) is 0 Å². The van der Waals surface area contributed by atoms with E-state index in [0.29, 0.717) is 12.2 Å². The fraction of sp³-hybridized carbons (Fsp3) is 0.650. The summed E-state index contributed by atoms with van der Waals surface area (Å²) in [6.07, 6.45) is 9.38. The Morgan fingerprint density at radius 3 is 2.25 bits per heavy atom. The molecular weight excluding hydrogens is 320 g/mol. The minimum absolute atomic E-state index is 0.238. The number of benzene rings is 1. The summed E-state index contributed by atoms with van der Waals surface area (Å²) in [6, 6.07) is 9.22. The fourth-order valence-electron chi connectivity index (χ4n) is 3.13. The van der Waals surface area contributed by atoms with Crippen LogP contribution < -0.4 is 0 Å². The highest BCUT2D eigenvalue weighted by molar-refractivity contribution is 7.99. The standard InChI is InChI=1S/C20H30O3S/c1-17-20(22,18-13-9-8-10-14-18)19(21)23-15-11-6-4-2-3-5-7-12-16-24-17/h8-10,13-14,17,22H,2-7,11-12,15-16H2,1H3. The monoisotopic (exact) mass is 350 g/mol. The van der Waals surface area contributed by atoms with Crippen LogP contribution in [0, 0.1) is 0 Å². The van der Waals surface area contributed by atoms with Crippen LogP contribution in [0.1, 0.15) is 63.9 Å². The molecule has 2 atom stereocenters. The molecular formula is C20H30O3S. The Morgan fingerprint density at radius 1 is 1.00 bits per heavy atom. The van der Waals surface area contributed by atoms with Crippen molar-refractivity contribution in [1.82, 2.24) is 0 Å². The van der Waals surface area contributed by atoms with Gasteiger partial charge in [0.25, 0.3) is 0 Å². The largest absolute Gasteiger partial charge is 0.463 e. The average Bonchev–Trinajstić information content (AvgIpc) is 2.61. The lowest BCUT2D eigenvalue weighted by Crippen LogP contribution is -2.45. The summed E-state index contributed by atoms with van der Waals surface area (Å²) in [5.41, 5.74) is -0.953. The molecule has 1 N–H and O–H groups in total. The maximum absolute atomic E-state index is 12.7. The number of hydrogen-bond donors (Lipinski definition) is 1. The highest BCUT2D eigenvalue weighted by Crippen LogP contribution is 2.35. The maximum Gasteiger partial charge on any atom is 0.344 e. The first-order chi connectivity index (χ1) is 11.7. The van der Waals surface area contributed by atoms with Gasteiger partial charge in [-0.25, -0.2) is 4.79 Å². The van der Waals surface area contributed by atoms with Gasteiger partial charge < -0.3 is 9.84 Å². The summed E-state index contributed by atoms with van der Waals surface area (Å²) >= 11 is 1.66. The van der Waals surface area contributed by atoms with E-state index in [0.717, 1.165) is 25.0 Å². The molecule has 1 saturated heterocycles. The molecule has 4 heteroatoms. The van der Waals surface area contributed by atoms with Crippen molar-refractivity contribution in [1.29, 1.82) is 0 Å². The molecule has 0 spiro atoms. The summed E-state index contributed by atoms with van der Waals surface area (Å²) in [4.78, 5) is 12.7. The van der Waals surface area contributed by atoms with E-state index >= 15 is 0 Å². The van der Waals surface area contributed by atoms with Gasteiger partial charge in [0.15, 0.2) is 5.60 Å². The minimum atomic E-state index is -1.58. The van der Waals surface area contributed by atoms with Gasteiger partial charge in [0.2, 0.25) is 0 Å². The van der Waals surface area contributed by atoms with Crippen molar-refractivity contribution in [2.75, 3.05) is 12.4 Å². The summed E-state index contributed by atoms with van der Waals surface area (Å²) < 4.78 is 5.46. The van der Waals surface area contributed by atoms with Crippen LogP contribution in [0.4, 0.5) is 0 Å². The molecule has 1 aliphatic rings. The van der Waals surface area contributed by atoms with Crippen LogP contribution in [0.3, 0.4) is 0 Å². The van der Waals surface area contributed by atoms with Crippen LogP contribution >= 0.6 is 11.8 Å². The number of cyclic esters (lactones) is 1. The van der Waals surface area contributed by atoms with E-state index in [1.165, 1.54) is 32.1 Å². The number of carbonyl (C=O) groups is 1. The van der Waals surface area contributed by atoms with E-state index in [9.17, 15) is 9.90 Å². The van der Waals surface area contributed by atoms with E-state index in [1.807, 2.05) is 37.3 Å². The normalized spacial score (nSPS) is 28.4. The maximum atomic E-state index is 12.7. The average molecular weight is 351 g/mol. The molecule has 0 radical (unpaired) electrons. The zero-order chi connectivity index (χ0) is 17.3. The van der Waals surface area contributed by atoms with Crippen LogP contribution in [0.15, 0.2) is 30.3 Å². The molecule has 1 aromatic carbocycles. The van der Waals surface area contributed by atoms with Gasteiger partial charge in [-0.1, -0.05) is 68.9 Å². The number of rotatable bonds is 1. The van der Waals surface area contributed by atoms with Crippen molar-refractivity contribution in [2.24, 2.45) is 0 Å². The third kappa shape index (κ3) is 5.25. The molecule has 0 amide bonds. The summed E-state index contributed by atoms with van der Waals surface area (Å²) in [6.45, 7) is 2.32. The molecule has 0 bridgehead atoms. The number of thioether (sulfide) groups is 1. The van der Waals surface area contributed by atoms with Gasteiger partial charge in [0.05, 0.1) is 6.61 Å². The summed E-state index contributed by atoms with van der Waals surface area (Å²) in [5, 5.41) is 11.0. The van der Waals surface area contributed by atoms with Crippen LogP contribution in [-0.2, 0) is 15.1 Å². The molecule has 1 fully saturated rings.